The number of anilines is 3. The summed E-state index contributed by atoms with van der Waals surface area (Å²) < 4.78 is 1.34. The summed E-state index contributed by atoms with van der Waals surface area (Å²) in [5.74, 6) is 0. The molecule has 1 aromatic carbocycles. The SMILES string of the molecule is Cc1c(Nc2cc3cc[nH]c3cc2N(C)C)cnn(C)c1=O. The second-order valence-electron chi connectivity index (χ2n) is 5.57. The Kier molecular flexibility index (Phi) is 3.36. The van der Waals surface area contributed by atoms with Crippen LogP contribution in [0.5, 0.6) is 0 Å². The lowest BCUT2D eigenvalue weighted by molar-refractivity contribution is 0.702. The molecule has 0 aliphatic rings. The minimum atomic E-state index is -0.0980. The topological polar surface area (TPSA) is 66.0 Å². The first-order valence-corrected chi connectivity index (χ1v) is 7.06. The summed E-state index contributed by atoms with van der Waals surface area (Å²) in [5.41, 5.74) is 4.33. The van der Waals surface area contributed by atoms with Gasteiger partial charge in [-0.05, 0) is 25.1 Å². The zero-order valence-electron chi connectivity index (χ0n) is 13.1. The summed E-state index contributed by atoms with van der Waals surface area (Å²) in [6, 6.07) is 6.18. The van der Waals surface area contributed by atoms with Gasteiger partial charge in [-0.1, -0.05) is 0 Å². The number of hydrogen-bond acceptors (Lipinski definition) is 4. The standard InChI is InChI=1S/C16H19N5O/c1-10-14(9-18-21(4)16(10)22)19-13-7-11-5-6-17-12(11)8-15(13)20(2)3/h5-9,17,19H,1-4H3. The fourth-order valence-electron chi connectivity index (χ4n) is 2.48. The van der Waals surface area contributed by atoms with E-state index in [1.165, 1.54) is 4.68 Å². The van der Waals surface area contributed by atoms with Crippen molar-refractivity contribution in [1.29, 1.82) is 0 Å². The Morgan fingerprint density at radius 3 is 2.77 bits per heavy atom. The Hall–Kier alpha value is -2.76. The molecule has 114 valence electrons. The van der Waals surface area contributed by atoms with Crippen molar-refractivity contribution in [3.63, 3.8) is 0 Å². The van der Waals surface area contributed by atoms with E-state index in [0.717, 1.165) is 28.0 Å². The maximum atomic E-state index is 12.0. The smallest absolute Gasteiger partial charge is 0.271 e. The molecule has 0 aliphatic heterocycles. The first-order valence-electron chi connectivity index (χ1n) is 7.06. The predicted molar refractivity (Wildman–Crippen MR) is 90.1 cm³/mol. The van der Waals surface area contributed by atoms with E-state index in [1.807, 2.05) is 31.3 Å². The molecule has 0 fully saturated rings. The van der Waals surface area contributed by atoms with Gasteiger partial charge in [0.1, 0.15) is 0 Å². The molecule has 0 unspecified atom stereocenters. The van der Waals surface area contributed by atoms with Crippen molar-refractivity contribution in [3.8, 4) is 0 Å². The molecular weight excluding hydrogens is 278 g/mol. The molecule has 0 saturated carbocycles. The van der Waals surface area contributed by atoms with Gasteiger partial charge in [0, 0.05) is 43.8 Å². The number of aromatic amines is 1. The number of aromatic nitrogens is 3. The average molecular weight is 297 g/mol. The predicted octanol–water partition coefficient (Wildman–Crippen LogP) is 2.38. The van der Waals surface area contributed by atoms with Gasteiger partial charge >= 0.3 is 0 Å². The number of H-pyrrole nitrogens is 1. The molecule has 0 aliphatic carbocycles. The highest BCUT2D eigenvalue weighted by Crippen LogP contribution is 2.32. The fourth-order valence-corrected chi connectivity index (χ4v) is 2.48. The largest absolute Gasteiger partial charge is 0.376 e. The van der Waals surface area contributed by atoms with Crippen LogP contribution in [0.3, 0.4) is 0 Å². The van der Waals surface area contributed by atoms with Crippen molar-refractivity contribution in [2.24, 2.45) is 7.05 Å². The Morgan fingerprint density at radius 2 is 2.05 bits per heavy atom. The summed E-state index contributed by atoms with van der Waals surface area (Å²) in [7, 11) is 5.63. The van der Waals surface area contributed by atoms with Crippen LogP contribution < -0.4 is 15.8 Å². The lowest BCUT2D eigenvalue weighted by atomic mass is 10.1. The molecule has 6 nitrogen and oxygen atoms in total. The van der Waals surface area contributed by atoms with Crippen LogP contribution in [-0.2, 0) is 7.05 Å². The number of nitrogens with zero attached hydrogens (tertiary/aromatic N) is 3. The van der Waals surface area contributed by atoms with Crippen molar-refractivity contribution >= 4 is 28.0 Å². The molecule has 0 saturated heterocycles. The van der Waals surface area contributed by atoms with Crippen LogP contribution in [0.15, 0.2) is 35.4 Å². The number of rotatable bonds is 3. The van der Waals surface area contributed by atoms with Crippen LogP contribution in [0.1, 0.15) is 5.56 Å². The third kappa shape index (κ3) is 2.32. The Balaban J connectivity index is 2.12. The first kappa shape index (κ1) is 14.2. The van der Waals surface area contributed by atoms with Crippen LogP contribution in [-0.4, -0.2) is 28.9 Å². The van der Waals surface area contributed by atoms with Gasteiger partial charge in [-0.3, -0.25) is 4.79 Å². The first-order chi connectivity index (χ1) is 10.5. The van der Waals surface area contributed by atoms with E-state index in [-0.39, 0.29) is 5.56 Å². The molecule has 3 aromatic rings. The van der Waals surface area contributed by atoms with E-state index in [0.29, 0.717) is 5.56 Å². The van der Waals surface area contributed by atoms with Gasteiger partial charge in [-0.2, -0.15) is 5.10 Å². The molecule has 2 N–H and O–H groups in total. The lowest BCUT2D eigenvalue weighted by Crippen LogP contribution is -2.22. The highest BCUT2D eigenvalue weighted by molar-refractivity contribution is 5.91. The van der Waals surface area contributed by atoms with Crippen LogP contribution in [0, 0.1) is 6.92 Å². The normalized spacial score (nSPS) is 10.9. The summed E-state index contributed by atoms with van der Waals surface area (Å²) in [5, 5.41) is 8.54. The van der Waals surface area contributed by atoms with Crippen LogP contribution in [0.25, 0.3) is 10.9 Å². The van der Waals surface area contributed by atoms with E-state index in [4.69, 9.17) is 0 Å². The zero-order chi connectivity index (χ0) is 15.9. The minimum absolute atomic E-state index is 0.0980. The van der Waals surface area contributed by atoms with E-state index in [2.05, 4.69) is 27.5 Å². The summed E-state index contributed by atoms with van der Waals surface area (Å²) in [6.07, 6.45) is 3.59. The van der Waals surface area contributed by atoms with Crippen molar-refractivity contribution < 1.29 is 0 Å². The molecule has 6 heteroatoms. The van der Waals surface area contributed by atoms with E-state index < -0.39 is 0 Å². The number of fused-ring (bicyclic) bond motifs is 1. The van der Waals surface area contributed by atoms with Crippen molar-refractivity contribution in [2.45, 2.75) is 6.92 Å². The van der Waals surface area contributed by atoms with E-state index in [1.54, 1.807) is 20.2 Å². The van der Waals surface area contributed by atoms with Crippen molar-refractivity contribution in [1.82, 2.24) is 14.8 Å². The van der Waals surface area contributed by atoms with Gasteiger partial charge < -0.3 is 15.2 Å². The molecule has 0 spiro atoms. The zero-order valence-corrected chi connectivity index (χ0v) is 13.1. The molecule has 22 heavy (non-hydrogen) atoms. The highest BCUT2D eigenvalue weighted by Gasteiger charge is 2.11. The molecule has 0 radical (unpaired) electrons. The third-order valence-corrected chi connectivity index (χ3v) is 3.80. The maximum Gasteiger partial charge on any atom is 0.271 e. The average Bonchev–Trinajstić information content (AvgIpc) is 2.94. The van der Waals surface area contributed by atoms with Gasteiger partial charge in [0.15, 0.2) is 0 Å². The van der Waals surface area contributed by atoms with E-state index >= 15 is 0 Å². The Bertz CT molecular complexity index is 891. The monoisotopic (exact) mass is 297 g/mol. The number of hydrogen-bond donors (Lipinski definition) is 2. The van der Waals surface area contributed by atoms with Crippen LogP contribution >= 0.6 is 0 Å². The Morgan fingerprint density at radius 1 is 1.27 bits per heavy atom. The second-order valence-corrected chi connectivity index (χ2v) is 5.57. The van der Waals surface area contributed by atoms with Crippen molar-refractivity contribution in [2.75, 3.05) is 24.3 Å². The minimum Gasteiger partial charge on any atom is -0.376 e. The van der Waals surface area contributed by atoms with Gasteiger partial charge in [0.25, 0.3) is 5.56 Å². The van der Waals surface area contributed by atoms with Gasteiger partial charge in [-0.15, -0.1) is 0 Å². The molecule has 3 rings (SSSR count). The highest BCUT2D eigenvalue weighted by atomic mass is 16.1. The summed E-state index contributed by atoms with van der Waals surface area (Å²) in [6.45, 7) is 1.80. The van der Waals surface area contributed by atoms with Crippen LogP contribution in [0.2, 0.25) is 0 Å². The maximum absolute atomic E-state index is 12.0. The Labute approximate surface area is 128 Å². The van der Waals surface area contributed by atoms with E-state index in [9.17, 15) is 4.79 Å². The summed E-state index contributed by atoms with van der Waals surface area (Å²) >= 11 is 0. The molecule has 0 bridgehead atoms. The summed E-state index contributed by atoms with van der Waals surface area (Å²) in [4.78, 5) is 17.3. The molecule has 2 aromatic heterocycles. The van der Waals surface area contributed by atoms with Gasteiger partial charge in [-0.25, -0.2) is 4.68 Å². The number of aryl methyl sites for hydroxylation is 1. The van der Waals surface area contributed by atoms with Gasteiger partial charge in [0.2, 0.25) is 0 Å². The molecule has 2 heterocycles. The number of nitrogens with one attached hydrogen (secondary N) is 2. The quantitative estimate of drug-likeness (QED) is 0.779. The van der Waals surface area contributed by atoms with Gasteiger partial charge in [0.05, 0.1) is 23.3 Å². The van der Waals surface area contributed by atoms with Crippen molar-refractivity contribution in [3.05, 3.63) is 46.5 Å². The third-order valence-electron chi connectivity index (χ3n) is 3.80. The van der Waals surface area contributed by atoms with Crippen LogP contribution in [0.4, 0.5) is 17.1 Å². The lowest BCUT2D eigenvalue weighted by Gasteiger charge is -2.19. The molecule has 0 amide bonds. The molecule has 0 atom stereocenters. The number of benzene rings is 1. The molecular formula is C16H19N5O. The fraction of sp³-hybridized carbons (Fsp3) is 0.250. The second kappa shape index (κ2) is 5.22.